The highest BCUT2D eigenvalue weighted by atomic mass is 16.4. The summed E-state index contributed by atoms with van der Waals surface area (Å²) < 4.78 is 0. The van der Waals surface area contributed by atoms with Crippen molar-refractivity contribution in [2.24, 2.45) is 4.99 Å². The van der Waals surface area contributed by atoms with Crippen LogP contribution in [-0.2, 0) is 0 Å². The highest BCUT2D eigenvalue weighted by Crippen LogP contribution is 2.38. The number of carbonyl (C=O) groups is 1. The number of rotatable bonds is 7. The second kappa shape index (κ2) is 8.50. The van der Waals surface area contributed by atoms with E-state index < -0.39 is 5.97 Å². The van der Waals surface area contributed by atoms with Gasteiger partial charge in [-0.15, -0.1) is 0 Å². The molecule has 1 aromatic heterocycles. The average Bonchev–Trinajstić information content (AvgIpc) is 2.73. The Morgan fingerprint density at radius 2 is 1.70 bits per heavy atom. The van der Waals surface area contributed by atoms with Crippen LogP contribution in [0.4, 0.5) is 0 Å². The number of phenolic OH excluding ortho intramolecular Hbond substituents is 3. The fourth-order valence-corrected chi connectivity index (χ4v) is 3.27. The first-order valence-corrected chi connectivity index (χ1v) is 9.63. The summed E-state index contributed by atoms with van der Waals surface area (Å²) in [7, 11) is 0. The summed E-state index contributed by atoms with van der Waals surface area (Å²) in [5.41, 5.74) is 0.316. The Kier molecular flexibility index (Phi) is 6.02. The minimum atomic E-state index is -1.23. The molecule has 30 heavy (non-hydrogen) atoms. The maximum absolute atomic E-state index is 11.5. The first-order valence-electron chi connectivity index (χ1n) is 9.63. The molecule has 0 aliphatic rings. The predicted octanol–water partition coefficient (Wildman–Crippen LogP) is 2.67. The molecule has 0 aliphatic carbocycles. The summed E-state index contributed by atoms with van der Waals surface area (Å²) in [6, 6.07) is 2.44. The van der Waals surface area contributed by atoms with Crippen molar-refractivity contribution in [3.63, 3.8) is 0 Å². The number of phenols is 3. The van der Waals surface area contributed by atoms with Crippen molar-refractivity contribution in [1.82, 2.24) is 14.9 Å². The zero-order chi connectivity index (χ0) is 22.0. The maximum atomic E-state index is 11.5. The molecule has 1 heterocycles. The van der Waals surface area contributed by atoms with Crippen LogP contribution in [0.1, 0.15) is 35.3 Å². The van der Waals surface area contributed by atoms with E-state index >= 15 is 0 Å². The van der Waals surface area contributed by atoms with Gasteiger partial charge in [0.1, 0.15) is 39.3 Å². The molecular formula is C21H24N4O5. The number of hydrogen-bond donors (Lipinski definition) is 4. The Bertz CT molecular complexity index is 1160. The molecular weight excluding hydrogens is 388 g/mol. The van der Waals surface area contributed by atoms with Crippen LogP contribution in [0, 0.1) is 6.92 Å². The minimum absolute atomic E-state index is 0.0242. The second-order valence-electron chi connectivity index (χ2n) is 6.85. The molecule has 0 atom stereocenters. The van der Waals surface area contributed by atoms with Crippen molar-refractivity contribution in [1.29, 1.82) is 0 Å². The van der Waals surface area contributed by atoms with Crippen molar-refractivity contribution in [2.45, 2.75) is 20.8 Å². The number of aromatic hydroxyl groups is 3. The lowest BCUT2D eigenvalue weighted by Crippen LogP contribution is -2.25. The van der Waals surface area contributed by atoms with Gasteiger partial charge in [0, 0.05) is 18.3 Å². The van der Waals surface area contributed by atoms with Gasteiger partial charge in [-0.3, -0.25) is 4.99 Å². The van der Waals surface area contributed by atoms with Crippen molar-refractivity contribution < 1.29 is 25.2 Å². The third kappa shape index (κ3) is 3.71. The predicted molar refractivity (Wildman–Crippen MR) is 114 cm³/mol. The molecule has 0 spiro atoms. The second-order valence-corrected chi connectivity index (χ2v) is 6.85. The maximum Gasteiger partial charge on any atom is 0.337 e. The van der Waals surface area contributed by atoms with Gasteiger partial charge in [0.15, 0.2) is 0 Å². The number of likely N-dealkylation sites (N-methyl/N-ethyl adjacent to an activating group) is 1. The van der Waals surface area contributed by atoms with Crippen LogP contribution in [0.2, 0.25) is 0 Å². The lowest BCUT2D eigenvalue weighted by molar-refractivity contribution is 0.0699. The van der Waals surface area contributed by atoms with Gasteiger partial charge in [0.25, 0.3) is 0 Å². The van der Waals surface area contributed by atoms with Crippen LogP contribution in [0.5, 0.6) is 17.2 Å². The van der Waals surface area contributed by atoms with E-state index in [1.807, 2.05) is 0 Å². The molecule has 0 saturated heterocycles. The zero-order valence-electron chi connectivity index (χ0n) is 17.0. The third-order valence-corrected chi connectivity index (χ3v) is 5.14. The van der Waals surface area contributed by atoms with Crippen molar-refractivity contribution >= 4 is 34.3 Å². The largest absolute Gasteiger partial charge is 0.507 e. The first-order chi connectivity index (χ1) is 14.3. The number of carboxylic acids is 1. The summed E-state index contributed by atoms with van der Waals surface area (Å²) in [5.74, 6) is -2.00. The summed E-state index contributed by atoms with van der Waals surface area (Å²) in [5, 5.41) is 40.7. The molecule has 0 unspecified atom stereocenters. The molecule has 0 aliphatic heterocycles. The first kappa shape index (κ1) is 21.3. The lowest BCUT2D eigenvalue weighted by atomic mass is 10.0. The van der Waals surface area contributed by atoms with Gasteiger partial charge in [0.05, 0.1) is 17.7 Å². The Hall–Kier alpha value is -3.46. The molecule has 9 heteroatoms. The molecule has 3 rings (SSSR count). The molecule has 4 N–H and O–H groups in total. The van der Waals surface area contributed by atoms with Gasteiger partial charge in [-0.05, 0) is 32.1 Å². The SMILES string of the molecule is CCN(CC)CCN=Cc1c(O)c(C)c(O)c2nc3c(C(=O)O)ccc(O)c3nc12. The smallest absolute Gasteiger partial charge is 0.337 e. The van der Waals surface area contributed by atoms with Gasteiger partial charge in [0.2, 0.25) is 0 Å². The Balaban J connectivity index is 2.21. The fraction of sp³-hybridized carbons (Fsp3) is 0.333. The highest BCUT2D eigenvalue weighted by Gasteiger charge is 2.21. The van der Waals surface area contributed by atoms with Crippen molar-refractivity contribution in [3.05, 3.63) is 28.8 Å². The quantitative estimate of drug-likeness (QED) is 0.343. The Labute approximate surface area is 173 Å². The molecule has 0 radical (unpaired) electrons. The number of fused-ring (bicyclic) bond motifs is 2. The Morgan fingerprint density at radius 1 is 1.03 bits per heavy atom. The van der Waals surface area contributed by atoms with E-state index in [4.69, 9.17) is 0 Å². The van der Waals surface area contributed by atoms with E-state index in [9.17, 15) is 25.2 Å². The molecule has 0 bridgehead atoms. The van der Waals surface area contributed by atoms with Crippen LogP contribution >= 0.6 is 0 Å². The highest BCUT2D eigenvalue weighted by molar-refractivity contribution is 6.08. The topological polar surface area (TPSA) is 139 Å². The van der Waals surface area contributed by atoms with Crippen LogP contribution in [0.15, 0.2) is 17.1 Å². The van der Waals surface area contributed by atoms with Gasteiger partial charge < -0.3 is 25.3 Å². The monoisotopic (exact) mass is 412 g/mol. The van der Waals surface area contributed by atoms with Crippen LogP contribution < -0.4 is 0 Å². The van der Waals surface area contributed by atoms with E-state index in [1.54, 1.807) is 0 Å². The van der Waals surface area contributed by atoms with E-state index in [1.165, 1.54) is 25.3 Å². The fourth-order valence-electron chi connectivity index (χ4n) is 3.27. The van der Waals surface area contributed by atoms with Crippen molar-refractivity contribution in [3.8, 4) is 17.2 Å². The normalized spacial score (nSPS) is 11.9. The van der Waals surface area contributed by atoms with Crippen LogP contribution in [0.3, 0.4) is 0 Å². The molecule has 0 amide bonds. The van der Waals surface area contributed by atoms with Gasteiger partial charge in [-0.25, -0.2) is 14.8 Å². The third-order valence-electron chi connectivity index (χ3n) is 5.14. The number of aromatic carboxylic acids is 1. The van der Waals surface area contributed by atoms with Gasteiger partial charge in [-0.2, -0.15) is 0 Å². The molecule has 2 aromatic carbocycles. The Morgan fingerprint density at radius 3 is 2.33 bits per heavy atom. The number of aliphatic imine (C=N–C) groups is 1. The van der Waals surface area contributed by atoms with Crippen molar-refractivity contribution in [2.75, 3.05) is 26.2 Å². The molecule has 9 nitrogen and oxygen atoms in total. The summed E-state index contributed by atoms with van der Waals surface area (Å²) in [6.45, 7) is 8.70. The minimum Gasteiger partial charge on any atom is -0.507 e. The summed E-state index contributed by atoms with van der Waals surface area (Å²) >= 11 is 0. The average molecular weight is 412 g/mol. The standard InChI is InChI=1S/C21H24N4O5/c1-4-25(5-2)9-8-22-10-13-16-18(20(28)11(3)19(13)27)24-15-12(21(29)30)6-7-14(26)17(15)23-16/h6-7,10,26-28H,4-5,8-9H2,1-3H3,(H,29,30). The molecule has 158 valence electrons. The molecule has 3 aromatic rings. The zero-order valence-corrected chi connectivity index (χ0v) is 17.0. The summed E-state index contributed by atoms with van der Waals surface area (Å²) in [6.07, 6.45) is 1.46. The number of nitrogens with zero attached hydrogens (tertiary/aromatic N) is 4. The molecule has 0 fully saturated rings. The number of carboxylic acid groups (broad SMARTS) is 1. The molecule has 0 saturated carbocycles. The van der Waals surface area contributed by atoms with E-state index in [-0.39, 0.29) is 56.0 Å². The van der Waals surface area contributed by atoms with Crippen LogP contribution in [-0.4, -0.2) is 73.7 Å². The van der Waals surface area contributed by atoms with E-state index in [2.05, 4.69) is 33.7 Å². The van der Waals surface area contributed by atoms with E-state index in [0.29, 0.717) is 6.54 Å². The number of hydrogen-bond acceptors (Lipinski definition) is 8. The lowest BCUT2D eigenvalue weighted by Gasteiger charge is -2.16. The van der Waals surface area contributed by atoms with Gasteiger partial charge >= 0.3 is 5.97 Å². The van der Waals surface area contributed by atoms with E-state index in [0.717, 1.165) is 19.6 Å². The summed E-state index contributed by atoms with van der Waals surface area (Å²) in [4.78, 5) is 26.7. The van der Waals surface area contributed by atoms with Gasteiger partial charge in [-0.1, -0.05) is 13.8 Å². The number of aromatic nitrogens is 2. The number of benzene rings is 2. The van der Waals surface area contributed by atoms with Crippen LogP contribution in [0.25, 0.3) is 22.1 Å².